The molecule has 0 saturated heterocycles. The summed E-state index contributed by atoms with van der Waals surface area (Å²) in [6.07, 6.45) is 0.772. The van der Waals surface area contributed by atoms with E-state index >= 15 is 0 Å². The van der Waals surface area contributed by atoms with E-state index in [1.807, 2.05) is 60.7 Å². The fourth-order valence-electron chi connectivity index (χ4n) is 2.72. The summed E-state index contributed by atoms with van der Waals surface area (Å²) in [5, 5.41) is 16.9. The first kappa shape index (κ1) is 19.3. The molecule has 4 aromatic rings. The number of carbonyl (C=O) groups is 1. The van der Waals surface area contributed by atoms with Crippen molar-refractivity contribution in [3.8, 4) is 22.5 Å². The molecule has 2 aromatic heterocycles. The van der Waals surface area contributed by atoms with Gasteiger partial charge in [-0.2, -0.15) is 0 Å². The molecule has 0 aliphatic heterocycles. The predicted molar refractivity (Wildman–Crippen MR) is 105 cm³/mol. The van der Waals surface area contributed by atoms with E-state index in [1.165, 1.54) is 0 Å². The number of carbonyl (C=O) groups excluding carboxylic acids is 1. The molecule has 6 nitrogen and oxygen atoms in total. The number of aryl methyl sites for hydroxylation is 2. The van der Waals surface area contributed by atoms with Crippen LogP contribution < -0.4 is 0 Å². The maximum Gasteiger partial charge on any atom is 0.155 e. The Morgan fingerprint density at radius 2 is 1.32 bits per heavy atom. The van der Waals surface area contributed by atoms with Crippen molar-refractivity contribution in [2.24, 2.45) is 0 Å². The second-order valence-electron chi connectivity index (χ2n) is 6.07. The molecule has 0 radical (unpaired) electrons. The zero-order chi connectivity index (χ0) is 19.9. The SMILES string of the molecule is Cc1onc(-c2ccccc2)c1C=O.Cc1onc(-c2ccccc2)c1CO. The second-order valence-corrected chi connectivity index (χ2v) is 6.07. The third kappa shape index (κ3) is 4.07. The van der Waals surface area contributed by atoms with Gasteiger partial charge in [-0.3, -0.25) is 4.79 Å². The molecule has 1 N–H and O–H groups in total. The first-order valence-electron chi connectivity index (χ1n) is 8.74. The van der Waals surface area contributed by atoms with Gasteiger partial charge in [0.1, 0.15) is 22.9 Å². The first-order valence-corrected chi connectivity index (χ1v) is 8.74. The number of hydrogen-bond donors (Lipinski definition) is 1. The molecule has 0 bridgehead atoms. The van der Waals surface area contributed by atoms with Gasteiger partial charge < -0.3 is 14.2 Å². The topological polar surface area (TPSA) is 89.4 Å². The Hall–Kier alpha value is -3.51. The summed E-state index contributed by atoms with van der Waals surface area (Å²) in [5.41, 5.74) is 4.48. The lowest BCUT2D eigenvalue weighted by Crippen LogP contribution is -1.87. The highest BCUT2D eigenvalue weighted by atomic mass is 16.5. The van der Waals surface area contributed by atoms with Crippen molar-refractivity contribution in [2.45, 2.75) is 20.5 Å². The van der Waals surface area contributed by atoms with Crippen molar-refractivity contribution in [1.82, 2.24) is 10.3 Å². The van der Waals surface area contributed by atoms with Crippen LogP contribution in [0.1, 0.15) is 27.4 Å². The van der Waals surface area contributed by atoms with E-state index < -0.39 is 0 Å². The smallest absolute Gasteiger partial charge is 0.155 e. The Morgan fingerprint density at radius 1 is 0.821 bits per heavy atom. The van der Waals surface area contributed by atoms with Gasteiger partial charge in [-0.15, -0.1) is 0 Å². The van der Waals surface area contributed by atoms with Gasteiger partial charge in [0.15, 0.2) is 6.29 Å². The maximum absolute atomic E-state index is 10.8. The number of hydrogen-bond acceptors (Lipinski definition) is 6. The fourth-order valence-corrected chi connectivity index (χ4v) is 2.72. The molecule has 0 spiro atoms. The van der Waals surface area contributed by atoms with Gasteiger partial charge >= 0.3 is 0 Å². The number of aldehydes is 1. The molecule has 28 heavy (non-hydrogen) atoms. The molecule has 0 atom stereocenters. The molecular weight excluding hydrogens is 356 g/mol. The van der Waals surface area contributed by atoms with Crippen molar-refractivity contribution in [1.29, 1.82) is 0 Å². The third-order valence-electron chi connectivity index (χ3n) is 4.26. The van der Waals surface area contributed by atoms with Crippen LogP contribution in [0.15, 0.2) is 69.7 Å². The van der Waals surface area contributed by atoms with Gasteiger partial charge in [0.25, 0.3) is 0 Å². The van der Waals surface area contributed by atoms with E-state index in [9.17, 15) is 4.79 Å². The monoisotopic (exact) mass is 376 g/mol. The van der Waals surface area contributed by atoms with Gasteiger partial charge in [-0.1, -0.05) is 71.0 Å². The molecule has 0 unspecified atom stereocenters. The van der Waals surface area contributed by atoms with Crippen LogP contribution >= 0.6 is 0 Å². The summed E-state index contributed by atoms with van der Waals surface area (Å²) >= 11 is 0. The van der Waals surface area contributed by atoms with E-state index in [-0.39, 0.29) is 6.61 Å². The van der Waals surface area contributed by atoms with Gasteiger partial charge in [0.2, 0.25) is 0 Å². The molecular formula is C22H20N2O4. The van der Waals surface area contributed by atoms with Crippen LogP contribution in [0.5, 0.6) is 0 Å². The predicted octanol–water partition coefficient (Wildman–Crippen LogP) is 4.60. The maximum atomic E-state index is 10.8. The minimum absolute atomic E-state index is 0.0421. The van der Waals surface area contributed by atoms with Gasteiger partial charge in [-0.05, 0) is 13.8 Å². The van der Waals surface area contributed by atoms with Gasteiger partial charge in [0.05, 0.1) is 12.2 Å². The Balaban J connectivity index is 0.000000161. The van der Waals surface area contributed by atoms with Gasteiger partial charge in [-0.25, -0.2) is 0 Å². The number of nitrogens with zero attached hydrogens (tertiary/aromatic N) is 2. The van der Waals surface area contributed by atoms with Crippen LogP contribution in [0, 0.1) is 13.8 Å². The Labute approximate surface area is 162 Å². The summed E-state index contributed by atoms with van der Waals surface area (Å²) in [7, 11) is 0. The number of aliphatic hydroxyl groups is 1. The highest BCUT2D eigenvalue weighted by molar-refractivity contribution is 5.86. The van der Waals surface area contributed by atoms with E-state index in [4.69, 9.17) is 14.2 Å². The zero-order valence-corrected chi connectivity index (χ0v) is 15.6. The lowest BCUT2D eigenvalue weighted by molar-refractivity contribution is 0.112. The number of aliphatic hydroxyl groups excluding tert-OH is 1. The Morgan fingerprint density at radius 3 is 1.86 bits per heavy atom. The molecule has 0 aliphatic rings. The quantitative estimate of drug-likeness (QED) is 0.523. The van der Waals surface area contributed by atoms with E-state index in [0.29, 0.717) is 22.8 Å². The van der Waals surface area contributed by atoms with Crippen LogP contribution in [0.2, 0.25) is 0 Å². The van der Waals surface area contributed by atoms with Gasteiger partial charge in [0, 0.05) is 16.7 Å². The van der Waals surface area contributed by atoms with E-state index in [0.717, 1.165) is 28.7 Å². The summed E-state index contributed by atoms with van der Waals surface area (Å²) < 4.78 is 9.99. The molecule has 0 amide bonds. The normalized spacial score (nSPS) is 10.2. The molecule has 0 aliphatic carbocycles. The highest BCUT2D eigenvalue weighted by Crippen LogP contribution is 2.25. The van der Waals surface area contributed by atoms with Crippen LogP contribution in [-0.2, 0) is 6.61 Å². The van der Waals surface area contributed by atoms with Crippen molar-refractivity contribution in [3.05, 3.63) is 83.3 Å². The lowest BCUT2D eigenvalue weighted by Gasteiger charge is -1.97. The number of benzene rings is 2. The van der Waals surface area contributed by atoms with E-state index in [1.54, 1.807) is 13.8 Å². The molecule has 142 valence electrons. The molecule has 0 fully saturated rings. The second kappa shape index (κ2) is 8.92. The Bertz CT molecular complexity index is 1040. The summed E-state index contributed by atoms with van der Waals surface area (Å²) in [6, 6.07) is 19.2. The summed E-state index contributed by atoms with van der Waals surface area (Å²) in [4.78, 5) is 10.8. The minimum atomic E-state index is -0.0421. The van der Waals surface area contributed by atoms with Crippen LogP contribution in [0.4, 0.5) is 0 Å². The fraction of sp³-hybridized carbons (Fsp3) is 0.136. The molecule has 4 rings (SSSR count). The largest absolute Gasteiger partial charge is 0.391 e. The average molecular weight is 376 g/mol. The van der Waals surface area contributed by atoms with Crippen molar-refractivity contribution >= 4 is 6.29 Å². The zero-order valence-electron chi connectivity index (χ0n) is 15.6. The van der Waals surface area contributed by atoms with Crippen molar-refractivity contribution < 1.29 is 18.9 Å². The summed E-state index contributed by atoms with van der Waals surface area (Å²) in [5.74, 6) is 1.23. The lowest BCUT2D eigenvalue weighted by atomic mass is 10.1. The number of aromatic nitrogens is 2. The van der Waals surface area contributed by atoms with Crippen molar-refractivity contribution in [2.75, 3.05) is 0 Å². The standard InChI is InChI=1S/C11H11NO2.C11H9NO2/c2*1-8-10(7-13)11(12-14-8)9-5-3-2-4-6-9/h2-6,13H,7H2,1H3;2-7H,1H3. The molecule has 0 saturated carbocycles. The van der Waals surface area contributed by atoms with E-state index in [2.05, 4.69) is 10.3 Å². The Kier molecular flexibility index (Phi) is 6.14. The third-order valence-corrected chi connectivity index (χ3v) is 4.26. The molecule has 2 heterocycles. The summed E-state index contributed by atoms with van der Waals surface area (Å²) in [6.45, 7) is 3.48. The minimum Gasteiger partial charge on any atom is -0.391 e. The highest BCUT2D eigenvalue weighted by Gasteiger charge is 2.13. The van der Waals surface area contributed by atoms with Crippen molar-refractivity contribution in [3.63, 3.8) is 0 Å². The number of rotatable bonds is 4. The van der Waals surface area contributed by atoms with Crippen LogP contribution in [-0.4, -0.2) is 21.7 Å². The first-order chi connectivity index (χ1) is 13.7. The molecule has 2 aromatic carbocycles. The average Bonchev–Trinajstić information content (AvgIpc) is 3.31. The van der Waals surface area contributed by atoms with Crippen LogP contribution in [0.3, 0.4) is 0 Å². The molecule has 6 heteroatoms. The van der Waals surface area contributed by atoms with Crippen LogP contribution in [0.25, 0.3) is 22.5 Å².